The van der Waals surface area contributed by atoms with Crippen LogP contribution in [0.4, 0.5) is 0 Å². The van der Waals surface area contributed by atoms with Crippen molar-refractivity contribution in [3.05, 3.63) is 61.0 Å². The van der Waals surface area contributed by atoms with Crippen LogP contribution in [-0.2, 0) is 29.3 Å². The number of aliphatic hydroxyl groups excluding tert-OH is 1. The molecule has 3 aromatic rings. The molecule has 0 saturated carbocycles. The van der Waals surface area contributed by atoms with Crippen molar-refractivity contribution in [1.29, 1.82) is 0 Å². The van der Waals surface area contributed by atoms with Gasteiger partial charge in [-0.25, -0.2) is 9.78 Å². The van der Waals surface area contributed by atoms with Gasteiger partial charge in [0.05, 0.1) is 32.9 Å². The number of aromatic nitrogens is 4. The number of halogens is 2. The van der Waals surface area contributed by atoms with E-state index in [9.17, 15) is 9.59 Å². The fourth-order valence-corrected chi connectivity index (χ4v) is 3.90. The summed E-state index contributed by atoms with van der Waals surface area (Å²) in [6.45, 7) is 0.770. The average molecular weight is 563 g/mol. The normalized spacial score (nSPS) is 11.4. The molecule has 3 rings (SSSR count). The van der Waals surface area contributed by atoms with Gasteiger partial charge in [0.25, 0.3) is 5.56 Å². The van der Waals surface area contributed by atoms with Gasteiger partial charge >= 0.3 is 5.69 Å². The van der Waals surface area contributed by atoms with Crippen molar-refractivity contribution in [1.82, 2.24) is 18.7 Å². The van der Waals surface area contributed by atoms with E-state index in [1.54, 1.807) is 11.6 Å². The van der Waals surface area contributed by atoms with Crippen LogP contribution in [0.3, 0.4) is 0 Å². The maximum atomic E-state index is 13.1. The fraction of sp³-hybridized carbons (Fsp3) is 0.389. The zero-order valence-corrected chi connectivity index (χ0v) is 19.0. The lowest BCUT2D eigenvalue weighted by atomic mass is 10.1. The topological polar surface area (TPSA) is 91.3 Å². The molecule has 0 aliphatic carbocycles. The van der Waals surface area contributed by atoms with E-state index in [-0.39, 0.29) is 26.4 Å². The number of imidazole rings is 1. The van der Waals surface area contributed by atoms with E-state index in [0.29, 0.717) is 22.4 Å². The van der Waals surface area contributed by atoms with Crippen LogP contribution in [-0.4, -0.2) is 43.6 Å². The molecule has 0 fully saturated rings. The fourth-order valence-electron chi connectivity index (χ4n) is 2.93. The molecular weight excluding hydrogens is 543 g/mol. The van der Waals surface area contributed by atoms with Gasteiger partial charge in [-0.05, 0) is 27.1 Å². The quantitative estimate of drug-likeness (QED) is 0.195. The zero-order valence-electron chi connectivity index (χ0n) is 15.3. The number of ether oxygens (including phenoxy) is 1. The Morgan fingerprint density at radius 1 is 1.14 bits per heavy atom. The summed E-state index contributed by atoms with van der Waals surface area (Å²) >= 11 is 5.73. The second kappa shape index (κ2) is 9.33. The van der Waals surface area contributed by atoms with Gasteiger partial charge in [0.1, 0.15) is 0 Å². The molecule has 0 spiro atoms. The molecule has 0 aliphatic rings. The van der Waals surface area contributed by atoms with Crippen molar-refractivity contribution in [2.45, 2.75) is 17.5 Å². The average Bonchev–Trinajstić information content (AvgIpc) is 3.03. The molecule has 2 aromatic heterocycles. The van der Waals surface area contributed by atoms with E-state index < -0.39 is 11.2 Å². The first kappa shape index (κ1) is 21.2. The minimum absolute atomic E-state index is 0.106. The van der Waals surface area contributed by atoms with Crippen molar-refractivity contribution in [2.75, 3.05) is 19.8 Å². The zero-order chi connectivity index (χ0) is 20.3. The van der Waals surface area contributed by atoms with E-state index in [2.05, 4.69) is 55.6 Å². The molecule has 0 aliphatic heterocycles. The number of aryl methyl sites for hydroxylation is 1. The molecule has 0 amide bonds. The predicted octanol–water partition coefficient (Wildman–Crippen LogP) is 1.65. The SMILES string of the molecule is Cn1c(=O)n(CCOCCO)c(=O)c2c1nc(Br)n2Cc1ccc(CI)cc1. The van der Waals surface area contributed by atoms with Crippen molar-refractivity contribution < 1.29 is 9.84 Å². The van der Waals surface area contributed by atoms with Crippen LogP contribution in [0.1, 0.15) is 11.1 Å². The number of rotatable bonds is 8. The molecule has 0 unspecified atom stereocenters. The van der Waals surface area contributed by atoms with Crippen molar-refractivity contribution in [3.63, 3.8) is 0 Å². The van der Waals surface area contributed by atoms with Gasteiger partial charge in [-0.1, -0.05) is 46.9 Å². The lowest BCUT2D eigenvalue weighted by Gasteiger charge is -2.10. The Bertz CT molecular complexity index is 1090. The van der Waals surface area contributed by atoms with Gasteiger partial charge < -0.3 is 14.4 Å². The monoisotopic (exact) mass is 562 g/mol. The number of nitrogens with zero attached hydrogens (tertiary/aromatic N) is 4. The van der Waals surface area contributed by atoms with Gasteiger partial charge in [-0.2, -0.15) is 0 Å². The molecule has 2 heterocycles. The van der Waals surface area contributed by atoms with Crippen molar-refractivity contribution in [3.8, 4) is 0 Å². The Kier molecular flexibility index (Phi) is 7.07. The Labute approximate surface area is 183 Å². The number of hydrogen-bond donors (Lipinski definition) is 1. The second-order valence-corrected chi connectivity index (χ2v) is 7.70. The third kappa shape index (κ3) is 4.24. The van der Waals surface area contributed by atoms with Gasteiger partial charge in [0.2, 0.25) is 0 Å². The summed E-state index contributed by atoms with van der Waals surface area (Å²) in [5, 5.41) is 8.79. The highest BCUT2D eigenvalue weighted by atomic mass is 127. The Morgan fingerprint density at radius 3 is 2.46 bits per heavy atom. The number of hydrogen-bond acceptors (Lipinski definition) is 5. The van der Waals surface area contributed by atoms with Gasteiger partial charge in [0.15, 0.2) is 15.9 Å². The van der Waals surface area contributed by atoms with Gasteiger partial charge in [0, 0.05) is 11.5 Å². The summed E-state index contributed by atoms with van der Waals surface area (Å²) in [7, 11) is 1.59. The molecule has 150 valence electrons. The highest BCUT2D eigenvalue weighted by Crippen LogP contribution is 2.19. The third-order valence-electron chi connectivity index (χ3n) is 4.40. The minimum Gasteiger partial charge on any atom is -0.394 e. The molecule has 10 heteroatoms. The minimum atomic E-state index is -0.450. The van der Waals surface area contributed by atoms with Crippen LogP contribution in [0.25, 0.3) is 11.2 Å². The smallest absolute Gasteiger partial charge is 0.332 e. The van der Waals surface area contributed by atoms with Gasteiger partial charge in [-0.15, -0.1) is 0 Å². The molecular formula is C18H20BrIN4O4. The molecule has 1 N–H and O–H groups in total. The van der Waals surface area contributed by atoms with Crippen molar-refractivity contribution in [2.24, 2.45) is 7.05 Å². The van der Waals surface area contributed by atoms with Crippen LogP contribution < -0.4 is 11.2 Å². The summed E-state index contributed by atoms with van der Waals surface area (Å²) in [6.07, 6.45) is 0. The van der Waals surface area contributed by atoms with E-state index in [1.165, 1.54) is 10.1 Å². The van der Waals surface area contributed by atoms with Crippen LogP contribution >= 0.6 is 38.5 Å². The lowest BCUT2D eigenvalue weighted by Crippen LogP contribution is -2.40. The highest BCUT2D eigenvalue weighted by Gasteiger charge is 2.19. The van der Waals surface area contributed by atoms with E-state index in [1.807, 2.05) is 12.1 Å². The summed E-state index contributed by atoms with van der Waals surface area (Å²) in [4.78, 5) is 30.0. The molecule has 0 bridgehead atoms. The number of alkyl halides is 1. The Morgan fingerprint density at radius 2 is 1.82 bits per heavy atom. The molecule has 0 radical (unpaired) electrons. The molecule has 0 saturated heterocycles. The maximum Gasteiger partial charge on any atom is 0.332 e. The summed E-state index contributed by atoms with van der Waals surface area (Å²) < 4.78 is 10.9. The van der Waals surface area contributed by atoms with E-state index in [0.717, 1.165) is 14.6 Å². The number of aliphatic hydroxyl groups is 1. The molecule has 1 aromatic carbocycles. The standard InChI is InChI=1S/C18H20BrIN4O4/c1-22-15-14(16(26)23(18(22)27)6-8-28-9-7-25)24(17(19)21-15)11-13-4-2-12(10-20)3-5-13/h2-5,25H,6-11H2,1H3. The largest absolute Gasteiger partial charge is 0.394 e. The Hall–Kier alpha value is -1.50. The highest BCUT2D eigenvalue weighted by molar-refractivity contribution is 14.1. The number of fused-ring (bicyclic) bond motifs is 1. The first-order chi connectivity index (χ1) is 13.5. The van der Waals surface area contributed by atoms with Crippen LogP contribution in [0, 0.1) is 0 Å². The van der Waals surface area contributed by atoms with Gasteiger partial charge in [-0.3, -0.25) is 13.9 Å². The maximum absolute atomic E-state index is 13.1. The Balaban J connectivity index is 2.05. The molecule has 8 nitrogen and oxygen atoms in total. The van der Waals surface area contributed by atoms with E-state index >= 15 is 0 Å². The first-order valence-corrected chi connectivity index (χ1v) is 11.0. The van der Waals surface area contributed by atoms with Crippen LogP contribution in [0.15, 0.2) is 38.6 Å². The summed E-state index contributed by atoms with van der Waals surface area (Å²) in [5.74, 6) is 0. The van der Waals surface area contributed by atoms with Crippen LogP contribution in [0.2, 0.25) is 0 Å². The first-order valence-electron chi connectivity index (χ1n) is 8.66. The molecule has 0 atom stereocenters. The van der Waals surface area contributed by atoms with Crippen LogP contribution in [0.5, 0.6) is 0 Å². The number of benzene rings is 1. The van der Waals surface area contributed by atoms with Crippen molar-refractivity contribution >= 4 is 49.7 Å². The third-order valence-corrected chi connectivity index (χ3v) is 5.88. The summed E-state index contributed by atoms with van der Waals surface area (Å²) in [5.41, 5.74) is 2.08. The second-order valence-electron chi connectivity index (χ2n) is 6.22. The molecule has 28 heavy (non-hydrogen) atoms. The predicted molar refractivity (Wildman–Crippen MR) is 118 cm³/mol. The lowest BCUT2D eigenvalue weighted by molar-refractivity contribution is 0.0858. The summed E-state index contributed by atoms with van der Waals surface area (Å²) in [6, 6.07) is 8.16. The van der Waals surface area contributed by atoms with E-state index in [4.69, 9.17) is 9.84 Å².